The number of hydrogen-bond acceptors (Lipinski definition) is 3. The number of ether oxygens (including phenoxy) is 1. The molecule has 0 aliphatic rings. The molecule has 0 heterocycles. The second kappa shape index (κ2) is 6.58. The molecule has 18 heavy (non-hydrogen) atoms. The summed E-state index contributed by atoms with van der Waals surface area (Å²) in [5.41, 5.74) is -0.0324. The number of carboxylic acids is 1. The van der Waals surface area contributed by atoms with Crippen LogP contribution >= 0.6 is 0 Å². The Bertz CT molecular complexity index is 428. The number of alkyl halides is 3. The lowest BCUT2D eigenvalue weighted by Crippen LogP contribution is -2.21. The highest BCUT2D eigenvalue weighted by atomic mass is 19.4. The molecule has 0 atom stereocenters. The molecule has 4 nitrogen and oxygen atoms in total. The van der Waals surface area contributed by atoms with Crippen molar-refractivity contribution in [2.45, 2.75) is 6.18 Å². The Balaban J connectivity index is 0.000000360. The number of methoxy groups -OCH3 is 1. The SMILES string of the molecule is COC(=O)c1ccccc1F.O=C(O)C(F)(F)F. The van der Waals surface area contributed by atoms with Gasteiger partial charge in [-0.1, -0.05) is 12.1 Å². The van der Waals surface area contributed by atoms with E-state index in [-0.39, 0.29) is 5.56 Å². The molecular weight excluding hydrogens is 260 g/mol. The molecule has 0 aliphatic heterocycles. The summed E-state index contributed by atoms with van der Waals surface area (Å²) in [5.74, 6) is -3.96. The third-order valence-corrected chi connectivity index (χ3v) is 1.52. The third kappa shape index (κ3) is 5.28. The van der Waals surface area contributed by atoms with Crippen LogP contribution in [0.3, 0.4) is 0 Å². The van der Waals surface area contributed by atoms with Gasteiger partial charge in [0, 0.05) is 0 Å². The average molecular weight is 268 g/mol. The van der Waals surface area contributed by atoms with Crippen LogP contribution in [0, 0.1) is 5.82 Å². The normalized spacial score (nSPS) is 10.1. The van der Waals surface area contributed by atoms with Crippen LogP contribution in [0.4, 0.5) is 17.6 Å². The third-order valence-electron chi connectivity index (χ3n) is 1.52. The fraction of sp³-hybridized carbons (Fsp3) is 0.200. The van der Waals surface area contributed by atoms with Crippen molar-refractivity contribution >= 4 is 11.9 Å². The number of halogens is 4. The second-order valence-electron chi connectivity index (χ2n) is 2.77. The molecule has 0 aliphatic carbocycles. The molecule has 1 rings (SSSR count). The van der Waals surface area contributed by atoms with E-state index < -0.39 is 23.9 Å². The Morgan fingerprint density at radius 1 is 1.22 bits per heavy atom. The van der Waals surface area contributed by atoms with E-state index in [9.17, 15) is 22.4 Å². The van der Waals surface area contributed by atoms with Gasteiger partial charge in [0.1, 0.15) is 5.82 Å². The predicted molar refractivity (Wildman–Crippen MR) is 51.4 cm³/mol. The lowest BCUT2D eigenvalue weighted by molar-refractivity contribution is -0.192. The summed E-state index contributed by atoms with van der Waals surface area (Å²) in [7, 11) is 1.22. The lowest BCUT2D eigenvalue weighted by Gasteiger charge is -1.98. The zero-order valence-corrected chi connectivity index (χ0v) is 8.99. The maximum Gasteiger partial charge on any atom is 0.490 e. The highest BCUT2D eigenvalue weighted by Crippen LogP contribution is 2.13. The first-order chi connectivity index (χ1) is 8.20. The van der Waals surface area contributed by atoms with Gasteiger partial charge in [0.15, 0.2) is 0 Å². The van der Waals surface area contributed by atoms with E-state index in [0.29, 0.717) is 0 Å². The maximum atomic E-state index is 12.7. The quantitative estimate of drug-likeness (QED) is 0.626. The number of aliphatic carboxylic acids is 1. The number of esters is 1. The van der Waals surface area contributed by atoms with Crippen LogP contribution in [0.2, 0.25) is 0 Å². The van der Waals surface area contributed by atoms with Crippen LogP contribution in [0.15, 0.2) is 24.3 Å². The van der Waals surface area contributed by atoms with Crippen molar-refractivity contribution in [2.24, 2.45) is 0 Å². The minimum atomic E-state index is -5.08. The van der Waals surface area contributed by atoms with Crippen molar-refractivity contribution in [1.82, 2.24) is 0 Å². The number of rotatable bonds is 1. The first-order valence-electron chi connectivity index (χ1n) is 4.33. The van der Waals surface area contributed by atoms with E-state index in [0.717, 1.165) is 0 Å². The Hall–Kier alpha value is -2.12. The monoisotopic (exact) mass is 268 g/mol. The van der Waals surface area contributed by atoms with Gasteiger partial charge >= 0.3 is 18.1 Å². The molecule has 1 aromatic rings. The van der Waals surface area contributed by atoms with Crippen molar-refractivity contribution in [3.63, 3.8) is 0 Å². The first-order valence-corrected chi connectivity index (χ1v) is 4.33. The smallest absolute Gasteiger partial charge is 0.475 e. The molecule has 0 unspecified atom stereocenters. The van der Waals surface area contributed by atoms with Crippen LogP contribution < -0.4 is 0 Å². The molecule has 0 aromatic heterocycles. The van der Waals surface area contributed by atoms with Crippen LogP contribution in [0.1, 0.15) is 10.4 Å². The fourth-order valence-electron chi connectivity index (χ4n) is 0.737. The summed E-state index contributed by atoms with van der Waals surface area (Å²) in [4.78, 5) is 19.7. The van der Waals surface area contributed by atoms with E-state index in [1.54, 1.807) is 6.07 Å². The van der Waals surface area contributed by atoms with Gasteiger partial charge in [-0.25, -0.2) is 14.0 Å². The van der Waals surface area contributed by atoms with Gasteiger partial charge in [-0.2, -0.15) is 13.2 Å². The van der Waals surface area contributed by atoms with Gasteiger partial charge < -0.3 is 9.84 Å². The largest absolute Gasteiger partial charge is 0.490 e. The molecule has 0 amide bonds. The number of carboxylic acid groups (broad SMARTS) is 1. The standard InChI is InChI=1S/C8H7FO2.C2HF3O2/c1-11-8(10)6-4-2-3-5-7(6)9;3-2(4,5)1(6)7/h2-5H,1H3;(H,6,7). The van der Waals surface area contributed by atoms with Gasteiger partial charge in [0.05, 0.1) is 12.7 Å². The molecule has 0 saturated heterocycles. The summed E-state index contributed by atoms with van der Waals surface area (Å²) in [6, 6.07) is 5.69. The molecule has 100 valence electrons. The number of carbonyl (C=O) groups is 2. The van der Waals surface area contributed by atoms with E-state index in [1.165, 1.54) is 25.3 Å². The lowest BCUT2D eigenvalue weighted by atomic mass is 10.2. The van der Waals surface area contributed by atoms with Gasteiger partial charge in [0.2, 0.25) is 0 Å². The van der Waals surface area contributed by atoms with Crippen molar-refractivity contribution in [3.05, 3.63) is 35.6 Å². The van der Waals surface area contributed by atoms with Crippen LogP contribution in [-0.4, -0.2) is 30.3 Å². The number of benzene rings is 1. The summed E-state index contributed by atoms with van der Waals surface area (Å²) in [6.45, 7) is 0. The average Bonchev–Trinajstić information content (AvgIpc) is 2.28. The second-order valence-corrected chi connectivity index (χ2v) is 2.77. The Kier molecular flexibility index (Phi) is 5.80. The molecule has 0 spiro atoms. The molecule has 0 fully saturated rings. The molecule has 1 N–H and O–H groups in total. The van der Waals surface area contributed by atoms with Crippen molar-refractivity contribution < 1.29 is 37.0 Å². The number of carbonyl (C=O) groups excluding carboxylic acids is 1. The summed E-state index contributed by atoms with van der Waals surface area (Å²) < 4.78 is 48.8. The summed E-state index contributed by atoms with van der Waals surface area (Å²) >= 11 is 0. The predicted octanol–water partition coefficient (Wildman–Crippen LogP) is 2.25. The van der Waals surface area contributed by atoms with E-state index >= 15 is 0 Å². The van der Waals surface area contributed by atoms with E-state index in [4.69, 9.17) is 9.90 Å². The highest BCUT2D eigenvalue weighted by Gasteiger charge is 2.38. The topological polar surface area (TPSA) is 63.6 Å². The van der Waals surface area contributed by atoms with Gasteiger partial charge in [0.25, 0.3) is 0 Å². The summed E-state index contributed by atoms with van der Waals surface area (Å²) in [6.07, 6.45) is -5.08. The summed E-state index contributed by atoms with van der Waals surface area (Å²) in [5, 5.41) is 7.12. The molecule has 1 aromatic carbocycles. The van der Waals surface area contributed by atoms with Gasteiger partial charge in [-0.15, -0.1) is 0 Å². The molecule has 8 heteroatoms. The van der Waals surface area contributed by atoms with Crippen molar-refractivity contribution in [1.29, 1.82) is 0 Å². The molecule has 0 bridgehead atoms. The van der Waals surface area contributed by atoms with Crippen LogP contribution in [-0.2, 0) is 9.53 Å². The maximum absolute atomic E-state index is 12.7. The first kappa shape index (κ1) is 15.9. The highest BCUT2D eigenvalue weighted by molar-refractivity contribution is 5.89. The molecule has 0 radical (unpaired) electrons. The Morgan fingerprint density at radius 3 is 2.00 bits per heavy atom. The van der Waals surface area contributed by atoms with Crippen molar-refractivity contribution in [3.8, 4) is 0 Å². The van der Waals surface area contributed by atoms with E-state index in [2.05, 4.69) is 4.74 Å². The van der Waals surface area contributed by atoms with Crippen LogP contribution in [0.25, 0.3) is 0 Å². The van der Waals surface area contributed by atoms with Gasteiger partial charge in [-0.3, -0.25) is 0 Å². The van der Waals surface area contributed by atoms with Gasteiger partial charge in [-0.05, 0) is 12.1 Å². The molecule has 0 saturated carbocycles. The van der Waals surface area contributed by atoms with Crippen molar-refractivity contribution in [2.75, 3.05) is 7.11 Å². The minimum Gasteiger partial charge on any atom is -0.475 e. The minimum absolute atomic E-state index is 0.0324. The zero-order chi connectivity index (χ0) is 14.3. The fourth-order valence-corrected chi connectivity index (χ4v) is 0.737. The zero-order valence-electron chi connectivity index (χ0n) is 8.99. The Morgan fingerprint density at radius 2 is 1.67 bits per heavy atom. The van der Waals surface area contributed by atoms with E-state index in [1.807, 2.05) is 0 Å². The van der Waals surface area contributed by atoms with Crippen LogP contribution in [0.5, 0.6) is 0 Å². The Labute approximate surface area is 98.8 Å². The number of hydrogen-bond donors (Lipinski definition) is 1. The molecular formula is C10H8F4O4.